The van der Waals surface area contributed by atoms with Crippen molar-refractivity contribution in [1.82, 2.24) is 4.90 Å². The molecule has 0 aromatic heterocycles. The molecule has 4 aromatic rings. The second-order valence-electron chi connectivity index (χ2n) is 9.40. The van der Waals surface area contributed by atoms with Crippen LogP contribution in [0, 0.1) is 0 Å². The second kappa shape index (κ2) is 10.6. The van der Waals surface area contributed by atoms with E-state index in [4.69, 9.17) is 9.47 Å². The van der Waals surface area contributed by atoms with Gasteiger partial charge >= 0.3 is 0 Å². The van der Waals surface area contributed by atoms with Crippen LogP contribution in [0.3, 0.4) is 0 Å². The lowest BCUT2D eigenvalue weighted by Gasteiger charge is -2.26. The second-order valence-corrected chi connectivity index (χ2v) is 9.40. The molecule has 0 unspecified atom stereocenters. The number of Topliss-reactive ketones (excluding diaryl/α,β-unsaturated/α-hetero) is 1. The normalized spacial score (nSPS) is 15.6. The molecule has 0 bridgehead atoms. The maximum Gasteiger partial charge on any atom is 0.195 e. The van der Waals surface area contributed by atoms with Crippen LogP contribution in [0.1, 0.15) is 27.0 Å². The first-order chi connectivity index (χ1) is 18.3. The molecule has 0 N–H and O–H groups in total. The van der Waals surface area contributed by atoms with Crippen molar-refractivity contribution >= 4 is 16.9 Å². The Morgan fingerprint density at radius 2 is 1.24 bits per heavy atom. The molecule has 0 radical (unpaired) electrons. The van der Waals surface area contributed by atoms with E-state index < -0.39 is 0 Å². The van der Waals surface area contributed by atoms with Crippen molar-refractivity contribution < 1.29 is 14.3 Å². The molecule has 1 aliphatic heterocycles. The van der Waals surface area contributed by atoms with Gasteiger partial charge in [0.1, 0.15) is 12.4 Å². The average Bonchev–Trinajstić information content (AvgIpc) is 3.26. The lowest BCUT2D eigenvalue weighted by molar-refractivity contribution is 0.0322. The fourth-order valence-corrected chi connectivity index (χ4v) is 5.16. The van der Waals surface area contributed by atoms with Gasteiger partial charge in [0.2, 0.25) is 0 Å². The summed E-state index contributed by atoms with van der Waals surface area (Å²) < 4.78 is 11.5. The number of fused-ring (bicyclic) bond motifs is 1. The lowest BCUT2D eigenvalue weighted by atomic mass is 9.93. The summed E-state index contributed by atoms with van der Waals surface area (Å²) in [5, 5.41) is 0. The third-order valence-corrected chi connectivity index (χ3v) is 7.11. The van der Waals surface area contributed by atoms with Crippen LogP contribution < -0.4 is 4.74 Å². The topological polar surface area (TPSA) is 38.8 Å². The summed E-state index contributed by atoms with van der Waals surface area (Å²) in [6.45, 7) is 4.85. The molecular weight excluding hydrogens is 458 g/mol. The largest absolute Gasteiger partial charge is 0.492 e. The smallest absolute Gasteiger partial charge is 0.195 e. The molecular formula is C33H29NO3. The van der Waals surface area contributed by atoms with Crippen LogP contribution >= 0.6 is 0 Å². The molecule has 1 heterocycles. The van der Waals surface area contributed by atoms with Gasteiger partial charge in [0.15, 0.2) is 5.78 Å². The monoisotopic (exact) mass is 487 g/mol. The van der Waals surface area contributed by atoms with Crippen molar-refractivity contribution in [1.29, 1.82) is 0 Å². The highest BCUT2D eigenvalue weighted by Gasteiger charge is 2.31. The van der Waals surface area contributed by atoms with Crippen LogP contribution in [0.25, 0.3) is 22.3 Å². The number of hydrogen-bond donors (Lipinski definition) is 0. The van der Waals surface area contributed by atoms with E-state index in [0.717, 1.165) is 77.6 Å². The van der Waals surface area contributed by atoms with Gasteiger partial charge in [0.25, 0.3) is 0 Å². The third-order valence-electron chi connectivity index (χ3n) is 7.11. The molecule has 4 nitrogen and oxygen atoms in total. The molecule has 6 rings (SSSR count). The minimum atomic E-state index is 0.0416. The van der Waals surface area contributed by atoms with Gasteiger partial charge in [-0.2, -0.15) is 0 Å². The fraction of sp³-hybridized carbons (Fsp3) is 0.182. The number of rotatable bonds is 7. The van der Waals surface area contributed by atoms with Crippen LogP contribution in [0.5, 0.6) is 5.75 Å². The number of carbonyl (C=O) groups is 1. The predicted molar refractivity (Wildman–Crippen MR) is 148 cm³/mol. The van der Waals surface area contributed by atoms with Crippen LogP contribution in [0.4, 0.5) is 0 Å². The highest BCUT2D eigenvalue weighted by atomic mass is 16.5. The molecule has 1 aliphatic carbocycles. The molecule has 184 valence electrons. The number of allylic oxidation sites excluding steroid dienone is 1. The van der Waals surface area contributed by atoms with Crippen molar-refractivity contribution in [3.8, 4) is 16.9 Å². The molecule has 0 saturated carbocycles. The summed E-state index contributed by atoms with van der Waals surface area (Å²) in [6, 6.07) is 34.7. The van der Waals surface area contributed by atoms with Gasteiger partial charge in [-0.15, -0.1) is 0 Å². The van der Waals surface area contributed by atoms with Crippen LogP contribution in [0.2, 0.25) is 0 Å². The van der Waals surface area contributed by atoms with E-state index in [1.807, 2.05) is 54.6 Å². The Hall–Kier alpha value is -3.99. The van der Waals surface area contributed by atoms with Gasteiger partial charge in [-0.05, 0) is 46.0 Å². The minimum absolute atomic E-state index is 0.0416. The van der Waals surface area contributed by atoms with Crippen molar-refractivity contribution in [2.45, 2.75) is 0 Å². The highest BCUT2D eigenvalue weighted by molar-refractivity contribution is 6.41. The molecule has 0 spiro atoms. The Bertz CT molecular complexity index is 1420. The Morgan fingerprint density at radius 1 is 0.649 bits per heavy atom. The number of ether oxygens (including phenoxy) is 2. The Morgan fingerprint density at radius 3 is 1.95 bits per heavy atom. The zero-order chi connectivity index (χ0) is 25.0. The van der Waals surface area contributed by atoms with Crippen LogP contribution in [-0.2, 0) is 4.74 Å². The predicted octanol–water partition coefficient (Wildman–Crippen LogP) is 6.22. The van der Waals surface area contributed by atoms with Gasteiger partial charge in [0.05, 0.1) is 13.2 Å². The van der Waals surface area contributed by atoms with E-state index >= 15 is 0 Å². The van der Waals surface area contributed by atoms with E-state index in [2.05, 4.69) is 53.4 Å². The maximum absolute atomic E-state index is 13.9. The fourth-order valence-electron chi connectivity index (χ4n) is 5.16. The zero-order valence-electron chi connectivity index (χ0n) is 20.7. The molecule has 37 heavy (non-hydrogen) atoms. The number of ketones is 1. The van der Waals surface area contributed by atoms with E-state index in [9.17, 15) is 4.79 Å². The van der Waals surface area contributed by atoms with Crippen molar-refractivity contribution in [3.63, 3.8) is 0 Å². The molecule has 4 aromatic carbocycles. The Labute approximate surface area is 217 Å². The van der Waals surface area contributed by atoms with E-state index in [-0.39, 0.29) is 5.78 Å². The van der Waals surface area contributed by atoms with Crippen molar-refractivity contribution in [3.05, 3.63) is 125 Å². The van der Waals surface area contributed by atoms with Gasteiger partial charge in [-0.3, -0.25) is 9.69 Å². The van der Waals surface area contributed by atoms with Crippen molar-refractivity contribution in [2.24, 2.45) is 0 Å². The number of hydrogen-bond acceptors (Lipinski definition) is 4. The summed E-state index contributed by atoms with van der Waals surface area (Å²) in [5.41, 5.74) is 7.63. The van der Waals surface area contributed by atoms with E-state index in [1.54, 1.807) is 0 Å². The summed E-state index contributed by atoms with van der Waals surface area (Å²) in [7, 11) is 0. The lowest BCUT2D eigenvalue weighted by Crippen LogP contribution is -2.38. The number of nitrogens with zero attached hydrogens (tertiary/aromatic N) is 1. The molecule has 2 aliphatic rings. The molecule has 1 fully saturated rings. The first-order valence-electron chi connectivity index (χ1n) is 12.9. The minimum Gasteiger partial charge on any atom is -0.492 e. The summed E-state index contributed by atoms with van der Waals surface area (Å²) in [4.78, 5) is 16.2. The SMILES string of the molecule is O=C1C(c2ccc(-c3ccccc3)cc2)=C(c2ccccc2)c2ccc(OCCN3CCOCC3)cc21. The number of morpholine rings is 1. The molecule has 1 saturated heterocycles. The Balaban J connectivity index is 1.31. The summed E-state index contributed by atoms with van der Waals surface area (Å²) >= 11 is 0. The quantitative estimate of drug-likeness (QED) is 0.310. The first-order valence-corrected chi connectivity index (χ1v) is 12.9. The van der Waals surface area contributed by atoms with E-state index in [1.165, 1.54) is 0 Å². The average molecular weight is 488 g/mol. The summed E-state index contributed by atoms with van der Waals surface area (Å²) in [6.07, 6.45) is 0. The zero-order valence-corrected chi connectivity index (χ0v) is 20.7. The number of carbonyl (C=O) groups excluding carboxylic acids is 1. The summed E-state index contributed by atoms with van der Waals surface area (Å²) in [5.74, 6) is 0.772. The maximum atomic E-state index is 13.9. The highest BCUT2D eigenvalue weighted by Crippen LogP contribution is 2.43. The van der Waals surface area contributed by atoms with Gasteiger partial charge in [0, 0.05) is 36.3 Å². The standard InChI is InChI=1S/C33H29NO3/c35-33-30-23-28(37-22-19-34-17-20-36-21-18-34)15-16-29(30)31(26-9-5-2-6-10-26)32(33)27-13-11-25(12-14-27)24-7-3-1-4-8-24/h1-16,23H,17-22H2. The first kappa shape index (κ1) is 23.4. The van der Waals surface area contributed by atoms with Gasteiger partial charge < -0.3 is 9.47 Å². The number of benzene rings is 4. The third kappa shape index (κ3) is 4.86. The molecule has 0 amide bonds. The van der Waals surface area contributed by atoms with E-state index in [0.29, 0.717) is 12.2 Å². The van der Waals surface area contributed by atoms with Crippen LogP contribution in [-0.4, -0.2) is 50.1 Å². The molecule has 4 heteroatoms. The molecule has 0 atom stereocenters. The van der Waals surface area contributed by atoms with Crippen molar-refractivity contribution in [2.75, 3.05) is 39.5 Å². The van der Waals surface area contributed by atoms with Gasteiger partial charge in [-0.25, -0.2) is 0 Å². The van der Waals surface area contributed by atoms with Crippen LogP contribution in [0.15, 0.2) is 103 Å². The van der Waals surface area contributed by atoms with Gasteiger partial charge in [-0.1, -0.05) is 84.9 Å². The Kier molecular flexibility index (Phi) is 6.68.